The molecule has 6 nitrogen and oxygen atoms in total. The molecule has 2 aliphatic carbocycles. The zero-order valence-corrected chi connectivity index (χ0v) is 19.5. The molecule has 32 heavy (non-hydrogen) atoms. The number of hydrogen-bond donors (Lipinski definition) is 0. The van der Waals surface area contributed by atoms with Gasteiger partial charge in [-0.1, -0.05) is 6.92 Å². The average molecular weight is 442 g/mol. The molecule has 1 aromatic rings. The summed E-state index contributed by atoms with van der Waals surface area (Å²) >= 11 is 0. The Morgan fingerprint density at radius 1 is 1.16 bits per heavy atom. The first-order valence-electron chi connectivity index (χ1n) is 12.3. The molecule has 6 rings (SSSR count). The highest BCUT2D eigenvalue weighted by Crippen LogP contribution is 2.62. The first-order chi connectivity index (χ1) is 15.4. The Hall–Kier alpha value is -1.79. The van der Waals surface area contributed by atoms with Crippen molar-refractivity contribution < 1.29 is 23.7 Å². The molecule has 6 heteroatoms. The van der Waals surface area contributed by atoms with Gasteiger partial charge in [-0.05, 0) is 73.1 Å². The number of carbonyl (C=O) groups is 1. The lowest BCUT2D eigenvalue weighted by atomic mass is 9.53. The minimum Gasteiger partial charge on any atom is -0.493 e. The third-order valence-corrected chi connectivity index (χ3v) is 9.33. The van der Waals surface area contributed by atoms with Crippen LogP contribution in [0.15, 0.2) is 12.1 Å². The SMILES string of the molecule is COc1cc2c(cc1OC)CN(C[C@H]1C(=O)O[C@@H]3C[C@@]4(C)CCC[C@]5(CO5)[C@H]4C[C@H]31)CC2. The molecule has 2 saturated heterocycles. The summed E-state index contributed by atoms with van der Waals surface area (Å²) in [5, 5.41) is 0. The summed E-state index contributed by atoms with van der Waals surface area (Å²) in [6.45, 7) is 5.91. The van der Waals surface area contributed by atoms with Crippen LogP contribution in [0.25, 0.3) is 0 Å². The van der Waals surface area contributed by atoms with Crippen LogP contribution in [0.5, 0.6) is 11.5 Å². The number of epoxide rings is 1. The number of methoxy groups -OCH3 is 2. The second-order valence-corrected chi connectivity index (χ2v) is 11.1. The van der Waals surface area contributed by atoms with Gasteiger partial charge in [0.25, 0.3) is 0 Å². The quantitative estimate of drug-likeness (QED) is 0.526. The van der Waals surface area contributed by atoms with E-state index < -0.39 is 0 Å². The highest BCUT2D eigenvalue weighted by Gasteiger charge is 2.65. The Kier molecular flexibility index (Phi) is 4.78. The van der Waals surface area contributed by atoms with Gasteiger partial charge in [-0.2, -0.15) is 0 Å². The number of rotatable bonds is 4. The standard InChI is InChI=1S/C26H35NO5/c1-25-6-4-7-26(15-31-26)23(25)11-18-19(24(28)32-22(18)12-25)14-27-8-5-16-9-20(29-2)21(30-3)10-17(16)13-27/h9-10,18-19,22-23H,4-8,11-15H2,1-3H3/t18-,19+,22+,23-,25+,26-/m0/s1. The summed E-state index contributed by atoms with van der Waals surface area (Å²) in [5.41, 5.74) is 2.94. The molecule has 0 aromatic heterocycles. The van der Waals surface area contributed by atoms with E-state index in [1.54, 1.807) is 14.2 Å². The van der Waals surface area contributed by atoms with Crippen molar-refractivity contribution in [2.24, 2.45) is 23.2 Å². The zero-order valence-electron chi connectivity index (χ0n) is 19.5. The molecule has 0 unspecified atom stereocenters. The van der Waals surface area contributed by atoms with E-state index in [2.05, 4.69) is 24.0 Å². The third kappa shape index (κ3) is 3.17. The molecule has 0 bridgehead atoms. The van der Waals surface area contributed by atoms with E-state index in [9.17, 15) is 4.79 Å². The van der Waals surface area contributed by atoms with Crippen LogP contribution in [-0.4, -0.2) is 56.5 Å². The zero-order chi connectivity index (χ0) is 22.1. The molecule has 2 saturated carbocycles. The fourth-order valence-corrected chi connectivity index (χ4v) is 7.54. The van der Waals surface area contributed by atoms with Crippen molar-refractivity contribution in [2.75, 3.05) is 33.9 Å². The Bertz CT molecular complexity index is 927. The highest BCUT2D eigenvalue weighted by atomic mass is 16.6. The molecule has 6 atom stereocenters. The first kappa shape index (κ1) is 20.8. The number of ether oxygens (including phenoxy) is 4. The molecule has 4 fully saturated rings. The maximum absolute atomic E-state index is 13.0. The smallest absolute Gasteiger partial charge is 0.310 e. The van der Waals surface area contributed by atoms with Crippen LogP contribution >= 0.6 is 0 Å². The van der Waals surface area contributed by atoms with E-state index in [4.69, 9.17) is 18.9 Å². The van der Waals surface area contributed by atoms with Crippen LogP contribution in [0.3, 0.4) is 0 Å². The van der Waals surface area contributed by atoms with Gasteiger partial charge in [-0.15, -0.1) is 0 Å². The van der Waals surface area contributed by atoms with Crippen LogP contribution in [0.4, 0.5) is 0 Å². The fourth-order valence-electron chi connectivity index (χ4n) is 7.54. The summed E-state index contributed by atoms with van der Waals surface area (Å²) in [6.07, 6.45) is 6.81. The number of fused-ring (bicyclic) bond motifs is 4. The molecule has 0 amide bonds. The fraction of sp³-hybridized carbons (Fsp3) is 0.731. The van der Waals surface area contributed by atoms with Gasteiger partial charge in [-0.3, -0.25) is 9.69 Å². The van der Waals surface area contributed by atoms with Crippen molar-refractivity contribution in [3.05, 3.63) is 23.3 Å². The number of benzene rings is 1. The predicted octanol–water partition coefficient (Wildman–Crippen LogP) is 3.59. The van der Waals surface area contributed by atoms with Crippen molar-refractivity contribution in [2.45, 2.75) is 63.7 Å². The highest BCUT2D eigenvalue weighted by molar-refractivity contribution is 5.75. The van der Waals surface area contributed by atoms with Crippen LogP contribution in [-0.2, 0) is 27.2 Å². The van der Waals surface area contributed by atoms with Crippen molar-refractivity contribution in [1.82, 2.24) is 4.90 Å². The monoisotopic (exact) mass is 441 g/mol. The van der Waals surface area contributed by atoms with Gasteiger partial charge in [0.1, 0.15) is 6.10 Å². The summed E-state index contributed by atoms with van der Waals surface area (Å²) in [5.74, 6) is 2.45. The molecule has 0 N–H and O–H groups in total. The molecule has 0 radical (unpaired) electrons. The van der Waals surface area contributed by atoms with Gasteiger partial charge in [0.15, 0.2) is 11.5 Å². The lowest BCUT2D eigenvalue weighted by Gasteiger charge is -2.51. The molecule has 3 heterocycles. The van der Waals surface area contributed by atoms with Crippen molar-refractivity contribution in [1.29, 1.82) is 0 Å². The van der Waals surface area contributed by atoms with Gasteiger partial charge in [-0.25, -0.2) is 0 Å². The van der Waals surface area contributed by atoms with Gasteiger partial charge in [0.2, 0.25) is 0 Å². The second-order valence-electron chi connectivity index (χ2n) is 11.1. The Morgan fingerprint density at radius 3 is 2.62 bits per heavy atom. The first-order valence-corrected chi connectivity index (χ1v) is 12.3. The number of nitrogens with zero attached hydrogens (tertiary/aromatic N) is 1. The van der Waals surface area contributed by atoms with Gasteiger partial charge in [0.05, 0.1) is 32.3 Å². The van der Waals surface area contributed by atoms with Crippen molar-refractivity contribution in [3.63, 3.8) is 0 Å². The van der Waals surface area contributed by atoms with Crippen LogP contribution in [0.2, 0.25) is 0 Å². The minimum absolute atomic E-state index is 0.0196. The predicted molar refractivity (Wildman–Crippen MR) is 119 cm³/mol. The minimum atomic E-state index is -0.0241. The van der Waals surface area contributed by atoms with E-state index in [-0.39, 0.29) is 29.0 Å². The molecule has 5 aliphatic rings. The van der Waals surface area contributed by atoms with E-state index in [0.717, 1.165) is 57.0 Å². The summed E-state index contributed by atoms with van der Waals surface area (Å²) in [7, 11) is 3.36. The van der Waals surface area contributed by atoms with E-state index in [0.29, 0.717) is 11.8 Å². The largest absolute Gasteiger partial charge is 0.493 e. The summed E-state index contributed by atoms with van der Waals surface area (Å²) < 4.78 is 23.1. The van der Waals surface area contributed by atoms with Crippen LogP contribution in [0.1, 0.15) is 50.2 Å². The van der Waals surface area contributed by atoms with Crippen molar-refractivity contribution >= 4 is 5.97 Å². The lowest BCUT2D eigenvalue weighted by Crippen LogP contribution is -2.51. The topological polar surface area (TPSA) is 60.5 Å². The van der Waals surface area contributed by atoms with Crippen LogP contribution in [0, 0.1) is 23.2 Å². The van der Waals surface area contributed by atoms with Gasteiger partial charge in [0, 0.05) is 25.6 Å². The average Bonchev–Trinajstić information content (AvgIpc) is 3.49. The molecular weight excluding hydrogens is 406 g/mol. The normalized spacial score (nSPS) is 40.3. The molecule has 1 spiro atoms. The van der Waals surface area contributed by atoms with E-state index >= 15 is 0 Å². The number of hydrogen-bond acceptors (Lipinski definition) is 6. The Balaban J connectivity index is 1.19. The molecule has 1 aromatic carbocycles. The summed E-state index contributed by atoms with van der Waals surface area (Å²) in [4.78, 5) is 15.4. The van der Waals surface area contributed by atoms with E-state index in [1.165, 1.54) is 30.4 Å². The van der Waals surface area contributed by atoms with Crippen LogP contribution < -0.4 is 9.47 Å². The number of carbonyl (C=O) groups excluding carboxylic acids is 1. The molecule has 174 valence electrons. The van der Waals surface area contributed by atoms with Gasteiger partial charge < -0.3 is 18.9 Å². The Morgan fingerprint density at radius 2 is 1.91 bits per heavy atom. The molecule has 3 aliphatic heterocycles. The van der Waals surface area contributed by atoms with Gasteiger partial charge >= 0.3 is 5.97 Å². The Labute approximate surface area is 190 Å². The third-order valence-electron chi connectivity index (χ3n) is 9.33. The molecular formula is C26H35NO5. The van der Waals surface area contributed by atoms with Crippen molar-refractivity contribution in [3.8, 4) is 11.5 Å². The maximum Gasteiger partial charge on any atom is 0.310 e. The maximum atomic E-state index is 13.0. The second kappa shape index (κ2) is 7.36. The van der Waals surface area contributed by atoms with E-state index in [1.807, 2.05) is 0 Å². The lowest BCUT2D eigenvalue weighted by molar-refractivity contribution is -0.147. The number of esters is 1. The summed E-state index contributed by atoms with van der Waals surface area (Å²) in [6, 6.07) is 4.20.